The van der Waals surface area contributed by atoms with E-state index >= 15 is 0 Å². The highest BCUT2D eigenvalue weighted by atomic mass is 15.3. The van der Waals surface area contributed by atoms with Crippen molar-refractivity contribution in [3.8, 4) is 5.69 Å². The number of aryl methyl sites for hydroxylation is 2. The molecule has 0 amide bonds. The van der Waals surface area contributed by atoms with E-state index in [1.807, 2.05) is 17.7 Å². The molecule has 0 radical (unpaired) electrons. The quantitative estimate of drug-likeness (QED) is 0.659. The molecule has 2 aromatic rings. The van der Waals surface area contributed by atoms with Gasteiger partial charge in [-0.3, -0.25) is 4.99 Å². The molecular weight excluding hydrogens is 274 g/mol. The third-order valence-corrected chi connectivity index (χ3v) is 3.44. The number of rotatable bonds is 5. The number of hydrogen-bond acceptors (Lipinski definition) is 2. The summed E-state index contributed by atoms with van der Waals surface area (Å²) >= 11 is 0. The Balaban J connectivity index is 2.17. The van der Waals surface area contributed by atoms with Gasteiger partial charge >= 0.3 is 0 Å². The first-order valence-corrected chi connectivity index (χ1v) is 7.71. The Morgan fingerprint density at radius 2 is 2.00 bits per heavy atom. The fourth-order valence-electron chi connectivity index (χ4n) is 2.38. The average molecular weight is 299 g/mol. The number of nitrogens with one attached hydrogen (secondary N) is 2. The molecule has 2 N–H and O–H groups in total. The number of aromatic nitrogens is 2. The van der Waals surface area contributed by atoms with Gasteiger partial charge in [0.15, 0.2) is 5.96 Å². The van der Waals surface area contributed by atoms with E-state index in [0.717, 1.165) is 36.0 Å². The average Bonchev–Trinajstić information content (AvgIpc) is 2.86. The largest absolute Gasteiger partial charge is 0.356 e. The smallest absolute Gasteiger partial charge is 0.191 e. The minimum Gasteiger partial charge on any atom is -0.356 e. The summed E-state index contributed by atoms with van der Waals surface area (Å²) in [6, 6.07) is 10.4. The molecule has 118 valence electrons. The van der Waals surface area contributed by atoms with Crippen molar-refractivity contribution in [3.63, 3.8) is 0 Å². The van der Waals surface area contributed by atoms with Gasteiger partial charge < -0.3 is 10.6 Å². The number of benzene rings is 1. The van der Waals surface area contributed by atoms with Gasteiger partial charge in [-0.2, -0.15) is 5.10 Å². The van der Waals surface area contributed by atoms with E-state index in [4.69, 9.17) is 0 Å². The van der Waals surface area contributed by atoms with E-state index in [9.17, 15) is 0 Å². The van der Waals surface area contributed by atoms with E-state index in [0.29, 0.717) is 6.54 Å². The molecule has 0 fully saturated rings. The SMILES string of the molecule is CCCNC(=NC)NCc1ccccc1-n1nc(C)cc1C. The summed E-state index contributed by atoms with van der Waals surface area (Å²) in [6.45, 7) is 7.85. The van der Waals surface area contributed by atoms with Crippen LogP contribution < -0.4 is 10.6 Å². The Hall–Kier alpha value is -2.30. The second kappa shape index (κ2) is 7.64. The first-order valence-electron chi connectivity index (χ1n) is 7.71. The zero-order valence-corrected chi connectivity index (χ0v) is 13.8. The molecule has 0 aliphatic carbocycles. The highest BCUT2D eigenvalue weighted by Crippen LogP contribution is 2.16. The van der Waals surface area contributed by atoms with E-state index in [2.05, 4.69) is 58.8 Å². The van der Waals surface area contributed by atoms with Crippen molar-refractivity contribution < 1.29 is 0 Å². The zero-order valence-electron chi connectivity index (χ0n) is 13.8. The molecule has 0 aliphatic rings. The van der Waals surface area contributed by atoms with Crippen LogP contribution in [-0.4, -0.2) is 29.3 Å². The third kappa shape index (κ3) is 3.87. The molecule has 0 saturated carbocycles. The first kappa shape index (κ1) is 16.1. The maximum atomic E-state index is 4.58. The summed E-state index contributed by atoms with van der Waals surface area (Å²) < 4.78 is 1.99. The molecule has 0 bridgehead atoms. The van der Waals surface area contributed by atoms with Crippen molar-refractivity contribution in [3.05, 3.63) is 47.3 Å². The van der Waals surface area contributed by atoms with E-state index in [1.54, 1.807) is 7.05 Å². The molecule has 1 aromatic heterocycles. The van der Waals surface area contributed by atoms with Crippen molar-refractivity contribution in [2.24, 2.45) is 4.99 Å². The number of para-hydroxylation sites is 1. The van der Waals surface area contributed by atoms with Gasteiger partial charge in [0.05, 0.1) is 11.4 Å². The lowest BCUT2D eigenvalue weighted by Crippen LogP contribution is -2.37. The van der Waals surface area contributed by atoms with Crippen molar-refractivity contribution in [2.75, 3.05) is 13.6 Å². The molecule has 0 aliphatic heterocycles. The topological polar surface area (TPSA) is 54.2 Å². The van der Waals surface area contributed by atoms with E-state index in [-0.39, 0.29) is 0 Å². The van der Waals surface area contributed by atoms with Gasteiger partial charge in [-0.05, 0) is 38.0 Å². The van der Waals surface area contributed by atoms with E-state index in [1.165, 1.54) is 5.56 Å². The van der Waals surface area contributed by atoms with Crippen LogP contribution >= 0.6 is 0 Å². The lowest BCUT2D eigenvalue weighted by Gasteiger charge is -2.14. The number of guanidine groups is 1. The van der Waals surface area contributed by atoms with Crippen LogP contribution in [0.15, 0.2) is 35.3 Å². The van der Waals surface area contributed by atoms with Crippen LogP contribution in [0.3, 0.4) is 0 Å². The van der Waals surface area contributed by atoms with Crippen molar-refractivity contribution in [1.29, 1.82) is 0 Å². The molecule has 0 spiro atoms. The predicted octanol–water partition coefficient (Wildman–Crippen LogP) is 2.56. The molecule has 0 saturated heterocycles. The fraction of sp³-hybridized carbons (Fsp3) is 0.412. The summed E-state index contributed by atoms with van der Waals surface area (Å²) in [4.78, 5) is 4.24. The minimum absolute atomic E-state index is 0.706. The van der Waals surface area contributed by atoms with Crippen LogP contribution in [-0.2, 0) is 6.54 Å². The molecule has 1 aromatic carbocycles. The summed E-state index contributed by atoms with van der Waals surface area (Å²) in [5, 5.41) is 11.2. The molecule has 0 atom stereocenters. The lowest BCUT2D eigenvalue weighted by atomic mass is 10.1. The monoisotopic (exact) mass is 299 g/mol. The summed E-state index contributed by atoms with van der Waals surface area (Å²) in [7, 11) is 1.79. The zero-order chi connectivity index (χ0) is 15.9. The Kier molecular flexibility index (Phi) is 5.58. The Bertz CT molecular complexity index is 642. The number of nitrogens with zero attached hydrogens (tertiary/aromatic N) is 3. The summed E-state index contributed by atoms with van der Waals surface area (Å²) in [5.41, 5.74) is 4.46. The Morgan fingerprint density at radius 3 is 2.64 bits per heavy atom. The predicted molar refractivity (Wildman–Crippen MR) is 91.5 cm³/mol. The molecule has 2 rings (SSSR count). The molecule has 22 heavy (non-hydrogen) atoms. The van der Waals surface area contributed by atoms with Gasteiger partial charge in [-0.15, -0.1) is 0 Å². The van der Waals surface area contributed by atoms with Crippen LogP contribution in [0.2, 0.25) is 0 Å². The number of aliphatic imine (C=N–C) groups is 1. The van der Waals surface area contributed by atoms with Crippen LogP contribution in [0.1, 0.15) is 30.3 Å². The number of hydrogen-bond donors (Lipinski definition) is 2. The molecule has 5 nitrogen and oxygen atoms in total. The Morgan fingerprint density at radius 1 is 1.23 bits per heavy atom. The van der Waals surface area contributed by atoms with Crippen LogP contribution in [0.4, 0.5) is 0 Å². The van der Waals surface area contributed by atoms with Crippen molar-refractivity contribution in [2.45, 2.75) is 33.7 Å². The summed E-state index contributed by atoms with van der Waals surface area (Å²) in [6.07, 6.45) is 1.07. The Labute approximate surface area is 132 Å². The molecule has 0 unspecified atom stereocenters. The van der Waals surface area contributed by atoms with Gasteiger partial charge in [0.2, 0.25) is 0 Å². The summed E-state index contributed by atoms with van der Waals surface area (Å²) in [5.74, 6) is 0.824. The van der Waals surface area contributed by atoms with Crippen molar-refractivity contribution in [1.82, 2.24) is 20.4 Å². The van der Waals surface area contributed by atoms with Gasteiger partial charge in [0.25, 0.3) is 0 Å². The van der Waals surface area contributed by atoms with Gasteiger partial charge in [0, 0.05) is 25.8 Å². The van der Waals surface area contributed by atoms with Crippen LogP contribution in [0.25, 0.3) is 5.69 Å². The lowest BCUT2D eigenvalue weighted by molar-refractivity contribution is 0.768. The van der Waals surface area contributed by atoms with E-state index < -0.39 is 0 Å². The van der Waals surface area contributed by atoms with Crippen molar-refractivity contribution >= 4 is 5.96 Å². The fourth-order valence-corrected chi connectivity index (χ4v) is 2.38. The van der Waals surface area contributed by atoms with Crippen LogP contribution in [0.5, 0.6) is 0 Å². The van der Waals surface area contributed by atoms with Gasteiger partial charge in [0.1, 0.15) is 0 Å². The molecular formula is C17H25N5. The van der Waals surface area contributed by atoms with Crippen LogP contribution in [0, 0.1) is 13.8 Å². The second-order valence-corrected chi connectivity index (χ2v) is 5.32. The van der Waals surface area contributed by atoms with Gasteiger partial charge in [-0.1, -0.05) is 25.1 Å². The normalized spacial score (nSPS) is 11.5. The molecule has 1 heterocycles. The highest BCUT2D eigenvalue weighted by Gasteiger charge is 2.08. The third-order valence-electron chi connectivity index (χ3n) is 3.44. The molecule has 5 heteroatoms. The standard InChI is InChI=1S/C17H25N5/c1-5-10-19-17(18-4)20-12-15-8-6-7-9-16(15)22-14(3)11-13(2)21-22/h6-9,11H,5,10,12H2,1-4H3,(H2,18,19,20). The minimum atomic E-state index is 0.706. The maximum Gasteiger partial charge on any atom is 0.191 e. The maximum absolute atomic E-state index is 4.58. The van der Waals surface area contributed by atoms with Gasteiger partial charge in [-0.25, -0.2) is 4.68 Å². The first-order chi connectivity index (χ1) is 10.7. The highest BCUT2D eigenvalue weighted by molar-refractivity contribution is 5.79. The second-order valence-electron chi connectivity index (χ2n) is 5.32.